The zero-order valence-electron chi connectivity index (χ0n) is 16.8. The largest absolute Gasteiger partial charge is 0.467 e. The van der Waals surface area contributed by atoms with Crippen molar-refractivity contribution in [3.8, 4) is 0 Å². The number of aryl methyl sites for hydroxylation is 2. The number of benzene rings is 1. The Morgan fingerprint density at radius 2 is 1.93 bits per heavy atom. The van der Waals surface area contributed by atoms with Gasteiger partial charge in [-0.05, 0) is 30.5 Å². The van der Waals surface area contributed by atoms with Gasteiger partial charge in [0.2, 0.25) is 0 Å². The summed E-state index contributed by atoms with van der Waals surface area (Å²) in [6, 6.07) is 14.3. The fourth-order valence-corrected chi connectivity index (χ4v) is 2.91. The van der Waals surface area contributed by atoms with Gasteiger partial charge in [-0.3, -0.25) is 0 Å². The van der Waals surface area contributed by atoms with Crippen molar-refractivity contribution >= 4 is 29.9 Å². The second-order valence-electron chi connectivity index (χ2n) is 6.48. The fourth-order valence-electron chi connectivity index (χ4n) is 2.91. The van der Waals surface area contributed by atoms with Gasteiger partial charge in [0.15, 0.2) is 5.96 Å². The topological polar surface area (TPSA) is 80.3 Å². The summed E-state index contributed by atoms with van der Waals surface area (Å²) in [6.07, 6.45) is 6.39. The van der Waals surface area contributed by atoms with E-state index in [0.717, 1.165) is 56.4 Å². The number of hydrogen-bond donors (Lipinski definition) is 2. The maximum atomic E-state index is 5.38. The average Bonchev–Trinajstić information content (AvgIpc) is 3.41. The lowest BCUT2D eigenvalue weighted by Gasteiger charge is -2.13. The van der Waals surface area contributed by atoms with Crippen molar-refractivity contribution in [2.45, 2.75) is 39.3 Å². The molecule has 0 radical (unpaired) electrons. The van der Waals surface area contributed by atoms with E-state index in [2.05, 4.69) is 61.6 Å². The summed E-state index contributed by atoms with van der Waals surface area (Å²) in [6.45, 7) is 4.98. The van der Waals surface area contributed by atoms with E-state index in [4.69, 9.17) is 4.42 Å². The predicted molar refractivity (Wildman–Crippen MR) is 125 cm³/mol. The minimum absolute atomic E-state index is 0. The van der Waals surface area contributed by atoms with Gasteiger partial charge in [0.1, 0.15) is 24.5 Å². The molecule has 156 valence electrons. The Balaban J connectivity index is 0.00000300. The van der Waals surface area contributed by atoms with Gasteiger partial charge in [0, 0.05) is 26.1 Å². The summed E-state index contributed by atoms with van der Waals surface area (Å²) in [5.74, 6) is 2.62. The number of furan rings is 1. The Labute approximate surface area is 189 Å². The Morgan fingerprint density at radius 1 is 1.10 bits per heavy atom. The molecule has 7 nitrogen and oxygen atoms in total. The van der Waals surface area contributed by atoms with E-state index in [-0.39, 0.29) is 24.0 Å². The minimum Gasteiger partial charge on any atom is -0.467 e. The predicted octanol–water partition coefficient (Wildman–Crippen LogP) is 3.42. The molecule has 2 aromatic heterocycles. The highest BCUT2D eigenvalue weighted by atomic mass is 127. The summed E-state index contributed by atoms with van der Waals surface area (Å²) >= 11 is 0. The van der Waals surface area contributed by atoms with Crippen LogP contribution in [0, 0.1) is 0 Å². The van der Waals surface area contributed by atoms with Crippen LogP contribution >= 0.6 is 24.0 Å². The number of aromatic nitrogens is 3. The zero-order chi connectivity index (χ0) is 19.4. The molecule has 1 aromatic carbocycles. The molecule has 0 aliphatic heterocycles. The van der Waals surface area contributed by atoms with Crippen LogP contribution in [0.15, 0.2) is 64.5 Å². The first-order valence-corrected chi connectivity index (χ1v) is 9.80. The lowest BCUT2D eigenvalue weighted by Crippen LogP contribution is -2.39. The molecule has 0 atom stereocenters. The maximum Gasteiger partial charge on any atom is 0.191 e. The Hall–Kier alpha value is -2.36. The van der Waals surface area contributed by atoms with Gasteiger partial charge < -0.3 is 19.6 Å². The van der Waals surface area contributed by atoms with Crippen molar-refractivity contribution in [2.24, 2.45) is 4.99 Å². The van der Waals surface area contributed by atoms with Crippen LogP contribution in [0.2, 0.25) is 0 Å². The molecule has 0 unspecified atom stereocenters. The minimum atomic E-state index is 0. The highest BCUT2D eigenvalue weighted by Crippen LogP contribution is 2.03. The molecule has 0 aliphatic rings. The molecule has 29 heavy (non-hydrogen) atoms. The molecule has 3 rings (SSSR count). The SMILES string of the molecule is CCc1nncn1CCNC(=NCc1ccco1)NCCCc1ccccc1.I. The van der Waals surface area contributed by atoms with Crippen LogP contribution in [0.1, 0.15) is 30.5 Å². The lowest BCUT2D eigenvalue weighted by atomic mass is 10.1. The van der Waals surface area contributed by atoms with Crippen molar-refractivity contribution in [1.82, 2.24) is 25.4 Å². The molecule has 0 fully saturated rings. The molecule has 0 saturated heterocycles. The van der Waals surface area contributed by atoms with Crippen LogP contribution in [0.3, 0.4) is 0 Å². The number of guanidine groups is 1. The fraction of sp³-hybridized carbons (Fsp3) is 0.381. The molecule has 0 amide bonds. The van der Waals surface area contributed by atoms with Gasteiger partial charge >= 0.3 is 0 Å². The number of nitrogens with zero attached hydrogens (tertiary/aromatic N) is 4. The molecular formula is C21H29IN6O. The second kappa shape index (κ2) is 13.0. The van der Waals surface area contributed by atoms with Crippen LogP contribution in [0.4, 0.5) is 0 Å². The second-order valence-corrected chi connectivity index (χ2v) is 6.48. The van der Waals surface area contributed by atoms with Crippen LogP contribution in [-0.2, 0) is 25.9 Å². The summed E-state index contributed by atoms with van der Waals surface area (Å²) < 4.78 is 7.44. The number of nitrogens with one attached hydrogen (secondary N) is 2. The van der Waals surface area contributed by atoms with Crippen LogP contribution in [-0.4, -0.2) is 33.8 Å². The number of rotatable bonds is 10. The van der Waals surface area contributed by atoms with E-state index in [1.807, 2.05) is 18.2 Å². The molecule has 0 spiro atoms. The summed E-state index contributed by atoms with van der Waals surface area (Å²) in [5, 5.41) is 14.9. The van der Waals surface area contributed by atoms with E-state index in [1.165, 1.54) is 5.56 Å². The average molecular weight is 508 g/mol. The van der Waals surface area contributed by atoms with Gasteiger partial charge in [-0.15, -0.1) is 34.2 Å². The first-order valence-electron chi connectivity index (χ1n) is 9.80. The van der Waals surface area contributed by atoms with Crippen molar-refractivity contribution in [2.75, 3.05) is 13.1 Å². The maximum absolute atomic E-state index is 5.38. The first kappa shape index (κ1) is 22.9. The van der Waals surface area contributed by atoms with Gasteiger partial charge in [-0.2, -0.15) is 0 Å². The molecule has 2 N–H and O–H groups in total. The van der Waals surface area contributed by atoms with Crippen molar-refractivity contribution in [3.63, 3.8) is 0 Å². The monoisotopic (exact) mass is 508 g/mol. The molecule has 2 heterocycles. The Kier molecular flexibility index (Phi) is 10.3. The van der Waals surface area contributed by atoms with Crippen LogP contribution < -0.4 is 10.6 Å². The molecule has 0 bridgehead atoms. The Morgan fingerprint density at radius 3 is 2.69 bits per heavy atom. The standard InChI is InChI=1S/C21H28N6O.HI/c1-2-20-26-25-17-27(20)14-13-23-21(24-16-19-11-7-15-28-19)22-12-6-10-18-8-4-3-5-9-18;/h3-5,7-9,11,15,17H,2,6,10,12-14,16H2,1H3,(H2,22,23,24);1H. The molecular weight excluding hydrogens is 479 g/mol. The highest BCUT2D eigenvalue weighted by molar-refractivity contribution is 14.0. The summed E-state index contributed by atoms with van der Waals surface area (Å²) in [4.78, 5) is 4.63. The first-order chi connectivity index (χ1) is 13.8. The van der Waals surface area contributed by atoms with Crippen molar-refractivity contribution in [3.05, 3.63) is 72.2 Å². The summed E-state index contributed by atoms with van der Waals surface area (Å²) in [5.41, 5.74) is 1.35. The Bertz CT molecular complexity index is 832. The molecule has 8 heteroatoms. The van der Waals surface area contributed by atoms with E-state index in [9.17, 15) is 0 Å². The van der Waals surface area contributed by atoms with Crippen LogP contribution in [0.5, 0.6) is 0 Å². The van der Waals surface area contributed by atoms with Gasteiger partial charge in [0.05, 0.1) is 6.26 Å². The number of hydrogen-bond acceptors (Lipinski definition) is 4. The molecule has 0 saturated carbocycles. The van der Waals surface area contributed by atoms with Crippen molar-refractivity contribution < 1.29 is 4.42 Å². The van der Waals surface area contributed by atoms with Gasteiger partial charge in [-0.1, -0.05) is 37.3 Å². The third kappa shape index (κ3) is 7.88. The molecule has 0 aliphatic carbocycles. The van der Waals surface area contributed by atoms with E-state index < -0.39 is 0 Å². The van der Waals surface area contributed by atoms with E-state index in [1.54, 1.807) is 12.6 Å². The molecule has 3 aromatic rings. The quantitative estimate of drug-likeness (QED) is 0.190. The number of halogens is 1. The third-order valence-corrected chi connectivity index (χ3v) is 4.41. The van der Waals surface area contributed by atoms with E-state index >= 15 is 0 Å². The number of aliphatic imine (C=N–C) groups is 1. The lowest BCUT2D eigenvalue weighted by molar-refractivity contribution is 0.511. The van der Waals surface area contributed by atoms with Gasteiger partial charge in [-0.25, -0.2) is 4.99 Å². The van der Waals surface area contributed by atoms with Gasteiger partial charge in [0.25, 0.3) is 0 Å². The smallest absolute Gasteiger partial charge is 0.191 e. The zero-order valence-corrected chi connectivity index (χ0v) is 19.1. The van der Waals surface area contributed by atoms with E-state index in [0.29, 0.717) is 6.54 Å². The normalized spacial score (nSPS) is 11.1. The van der Waals surface area contributed by atoms with Crippen LogP contribution in [0.25, 0.3) is 0 Å². The summed E-state index contributed by atoms with van der Waals surface area (Å²) in [7, 11) is 0. The van der Waals surface area contributed by atoms with Crippen molar-refractivity contribution in [1.29, 1.82) is 0 Å². The third-order valence-electron chi connectivity index (χ3n) is 4.41. The highest BCUT2D eigenvalue weighted by Gasteiger charge is 2.03.